The maximum absolute atomic E-state index is 5.88. The molecule has 0 aliphatic heterocycles. The minimum atomic E-state index is -0.281. The minimum absolute atomic E-state index is 0.281. The Bertz CT molecular complexity index is 528. The van der Waals surface area contributed by atoms with Crippen molar-refractivity contribution in [3.05, 3.63) is 28.5 Å². The molecule has 0 spiro atoms. The van der Waals surface area contributed by atoms with Crippen LogP contribution in [0.5, 0.6) is 5.75 Å². The molecule has 0 N–H and O–H groups in total. The van der Waals surface area contributed by atoms with E-state index in [9.17, 15) is 0 Å². The van der Waals surface area contributed by atoms with Crippen molar-refractivity contribution in [2.45, 2.75) is 12.3 Å². The number of nitrogens with zero attached hydrogens (tertiary/aromatic N) is 2. The van der Waals surface area contributed by atoms with Crippen LogP contribution in [0.4, 0.5) is 0 Å². The second kappa shape index (κ2) is 5.06. The van der Waals surface area contributed by atoms with Crippen LogP contribution in [-0.2, 0) is 0 Å². The first-order chi connectivity index (χ1) is 8.11. The highest BCUT2D eigenvalue weighted by Crippen LogP contribution is 2.31. The molecule has 0 aliphatic rings. The van der Waals surface area contributed by atoms with Crippen LogP contribution in [0.25, 0.3) is 11.5 Å². The summed E-state index contributed by atoms with van der Waals surface area (Å²) < 4.78 is 11.2. The molecule has 17 heavy (non-hydrogen) atoms. The molecule has 2 aromatic rings. The van der Waals surface area contributed by atoms with Crippen molar-refractivity contribution in [2.24, 2.45) is 0 Å². The number of benzene rings is 1. The first-order valence-corrected chi connectivity index (χ1v) is 6.16. The zero-order valence-electron chi connectivity index (χ0n) is 9.28. The number of hydrogen-bond acceptors (Lipinski definition) is 4. The Labute approximate surface area is 112 Å². The zero-order valence-corrected chi connectivity index (χ0v) is 11.6. The molecule has 1 aromatic heterocycles. The Kier molecular flexibility index (Phi) is 3.69. The average Bonchev–Trinajstić information content (AvgIpc) is 2.79. The fraction of sp³-hybridized carbons (Fsp3) is 0.273. The molecule has 0 saturated heterocycles. The van der Waals surface area contributed by atoms with Gasteiger partial charge >= 0.3 is 0 Å². The molecule has 0 fully saturated rings. The van der Waals surface area contributed by atoms with Gasteiger partial charge in [0.2, 0.25) is 0 Å². The molecule has 6 heteroatoms. The van der Waals surface area contributed by atoms with Gasteiger partial charge in [-0.05, 0) is 41.1 Å². The van der Waals surface area contributed by atoms with Gasteiger partial charge in [0.1, 0.15) is 5.75 Å². The van der Waals surface area contributed by atoms with Gasteiger partial charge in [-0.3, -0.25) is 0 Å². The monoisotopic (exact) mass is 316 g/mol. The van der Waals surface area contributed by atoms with Crippen LogP contribution in [0.15, 0.2) is 27.2 Å². The SMILES string of the molecule is COc1ccc(Br)c(-c2nc(C(C)Cl)no2)c1. The quantitative estimate of drug-likeness (QED) is 0.808. The fourth-order valence-electron chi connectivity index (χ4n) is 1.30. The number of ether oxygens (including phenoxy) is 1. The highest BCUT2D eigenvalue weighted by atomic mass is 79.9. The average molecular weight is 318 g/mol. The van der Waals surface area contributed by atoms with Crippen LogP contribution < -0.4 is 4.74 Å². The van der Waals surface area contributed by atoms with E-state index in [1.807, 2.05) is 18.2 Å². The van der Waals surface area contributed by atoms with Gasteiger partial charge in [-0.15, -0.1) is 11.6 Å². The van der Waals surface area contributed by atoms with Crippen molar-refractivity contribution in [3.63, 3.8) is 0 Å². The van der Waals surface area contributed by atoms with Gasteiger partial charge in [0.25, 0.3) is 5.89 Å². The summed E-state index contributed by atoms with van der Waals surface area (Å²) >= 11 is 9.31. The van der Waals surface area contributed by atoms with Crippen LogP contribution in [0, 0.1) is 0 Å². The first-order valence-electron chi connectivity index (χ1n) is 4.93. The standard InChI is InChI=1S/C11H10BrClN2O2/c1-6(13)10-14-11(17-15-10)8-5-7(16-2)3-4-9(8)12/h3-6H,1-2H3. The van der Waals surface area contributed by atoms with E-state index in [4.69, 9.17) is 20.9 Å². The number of rotatable bonds is 3. The van der Waals surface area contributed by atoms with Crippen molar-refractivity contribution in [1.82, 2.24) is 10.1 Å². The maximum atomic E-state index is 5.88. The van der Waals surface area contributed by atoms with E-state index >= 15 is 0 Å². The summed E-state index contributed by atoms with van der Waals surface area (Å²) in [5.41, 5.74) is 0.778. The largest absolute Gasteiger partial charge is 0.497 e. The first kappa shape index (κ1) is 12.4. The van der Waals surface area contributed by atoms with Gasteiger partial charge < -0.3 is 9.26 Å². The van der Waals surface area contributed by atoms with Crippen molar-refractivity contribution in [1.29, 1.82) is 0 Å². The lowest BCUT2D eigenvalue weighted by Gasteiger charge is -2.03. The fourth-order valence-corrected chi connectivity index (χ4v) is 1.81. The molecule has 0 bridgehead atoms. The number of aromatic nitrogens is 2. The van der Waals surface area contributed by atoms with Crippen LogP contribution in [0.2, 0.25) is 0 Å². The van der Waals surface area contributed by atoms with Gasteiger partial charge in [0, 0.05) is 4.47 Å². The molecule has 1 atom stereocenters. The second-order valence-electron chi connectivity index (χ2n) is 3.42. The summed E-state index contributed by atoms with van der Waals surface area (Å²) in [6, 6.07) is 5.53. The summed E-state index contributed by atoms with van der Waals surface area (Å²) in [5.74, 6) is 1.61. The predicted octanol–water partition coefficient (Wildman–Crippen LogP) is 3.81. The molecule has 0 amide bonds. The normalized spacial score (nSPS) is 12.5. The molecular weight excluding hydrogens is 307 g/mol. The lowest BCUT2D eigenvalue weighted by molar-refractivity contribution is 0.412. The third-order valence-electron chi connectivity index (χ3n) is 2.20. The van der Waals surface area contributed by atoms with E-state index in [0.29, 0.717) is 11.7 Å². The van der Waals surface area contributed by atoms with Gasteiger partial charge in [-0.1, -0.05) is 5.16 Å². The van der Waals surface area contributed by atoms with Crippen molar-refractivity contribution in [3.8, 4) is 17.2 Å². The predicted molar refractivity (Wildman–Crippen MR) is 68.3 cm³/mol. The third-order valence-corrected chi connectivity index (χ3v) is 3.09. The van der Waals surface area contributed by atoms with Gasteiger partial charge in [-0.25, -0.2) is 0 Å². The molecule has 1 unspecified atom stereocenters. The molecule has 0 saturated carbocycles. The lowest BCUT2D eigenvalue weighted by atomic mass is 10.2. The summed E-state index contributed by atoms with van der Waals surface area (Å²) in [6.07, 6.45) is 0. The van der Waals surface area contributed by atoms with Crippen LogP contribution >= 0.6 is 27.5 Å². The Morgan fingerprint density at radius 2 is 2.24 bits per heavy atom. The van der Waals surface area contributed by atoms with Crippen LogP contribution in [-0.4, -0.2) is 17.3 Å². The van der Waals surface area contributed by atoms with E-state index in [-0.39, 0.29) is 5.38 Å². The molecule has 1 heterocycles. The van der Waals surface area contributed by atoms with Crippen molar-refractivity contribution < 1.29 is 9.26 Å². The van der Waals surface area contributed by atoms with Gasteiger partial charge in [0.05, 0.1) is 18.1 Å². The highest BCUT2D eigenvalue weighted by Gasteiger charge is 2.15. The second-order valence-corrected chi connectivity index (χ2v) is 4.93. The Hall–Kier alpha value is -1.07. The van der Waals surface area contributed by atoms with E-state index in [0.717, 1.165) is 15.8 Å². The summed E-state index contributed by atoms with van der Waals surface area (Å²) in [7, 11) is 1.60. The van der Waals surface area contributed by atoms with Gasteiger partial charge in [0.15, 0.2) is 5.82 Å². The summed E-state index contributed by atoms with van der Waals surface area (Å²) in [4.78, 5) is 4.22. The number of halogens is 2. The summed E-state index contributed by atoms with van der Waals surface area (Å²) in [6.45, 7) is 1.79. The third kappa shape index (κ3) is 2.61. The Morgan fingerprint density at radius 3 is 2.82 bits per heavy atom. The topological polar surface area (TPSA) is 48.2 Å². The molecule has 0 radical (unpaired) electrons. The number of methoxy groups -OCH3 is 1. The number of alkyl halides is 1. The van der Waals surface area contributed by atoms with E-state index in [1.165, 1.54) is 0 Å². The van der Waals surface area contributed by atoms with Crippen LogP contribution in [0.1, 0.15) is 18.1 Å². The summed E-state index contributed by atoms with van der Waals surface area (Å²) in [5, 5.41) is 3.53. The Morgan fingerprint density at radius 1 is 1.47 bits per heavy atom. The van der Waals surface area contributed by atoms with Gasteiger partial charge in [-0.2, -0.15) is 4.98 Å². The van der Waals surface area contributed by atoms with Crippen LogP contribution in [0.3, 0.4) is 0 Å². The minimum Gasteiger partial charge on any atom is -0.497 e. The molecule has 1 aromatic carbocycles. The van der Waals surface area contributed by atoms with E-state index < -0.39 is 0 Å². The van der Waals surface area contributed by atoms with E-state index in [1.54, 1.807) is 14.0 Å². The smallest absolute Gasteiger partial charge is 0.259 e. The number of hydrogen-bond donors (Lipinski definition) is 0. The van der Waals surface area contributed by atoms with Crippen molar-refractivity contribution in [2.75, 3.05) is 7.11 Å². The lowest BCUT2D eigenvalue weighted by Crippen LogP contribution is -1.88. The zero-order chi connectivity index (χ0) is 12.4. The maximum Gasteiger partial charge on any atom is 0.259 e. The molecule has 4 nitrogen and oxygen atoms in total. The highest BCUT2D eigenvalue weighted by molar-refractivity contribution is 9.10. The van der Waals surface area contributed by atoms with E-state index in [2.05, 4.69) is 26.1 Å². The van der Waals surface area contributed by atoms with Crippen molar-refractivity contribution >= 4 is 27.5 Å². The molecule has 90 valence electrons. The Balaban J connectivity index is 2.44. The molecular formula is C11H10BrClN2O2. The molecule has 0 aliphatic carbocycles. The molecule has 2 rings (SSSR count).